The Kier molecular flexibility index (Phi) is 6.71. The topological polar surface area (TPSA) is 103 Å². The summed E-state index contributed by atoms with van der Waals surface area (Å²) >= 11 is 0. The second-order valence-electron chi connectivity index (χ2n) is 7.10. The molecule has 1 atom stereocenters. The van der Waals surface area contributed by atoms with Crippen molar-refractivity contribution in [3.63, 3.8) is 0 Å². The minimum Gasteiger partial charge on any atom is -0.479 e. The number of benzene rings is 1. The van der Waals surface area contributed by atoms with Crippen LogP contribution in [0, 0.1) is 5.92 Å². The van der Waals surface area contributed by atoms with E-state index in [9.17, 15) is 14.4 Å². The Hall–Kier alpha value is -3.36. The second-order valence-corrected chi connectivity index (χ2v) is 7.10. The van der Waals surface area contributed by atoms with Gasteiger partial charge in [0.15, 0.2) is 0 Å². The highest BCUT2D eigenvalue weighted by molar-refractivity contribution is 6.06. The van der Waals surface area contributed by atoms with E-state index in [1.807, 2.05) is 0 Å². The molecule has 0 unspecified atom stereocenters. The van der Waals surface area contributed by atoms with Gasteiger partial charge in [-0.25, -0.2) is 0 Å². The van der Waals surface area contributed by atoms with Crippen molar-refractivity contribution in [2.24, 2.45) is 13.0 Å². The zero-order chi connectivity index (χ0) is 21.7. The fourth-order valence-electron chi connectivity index (χ4n) is 3.47. The molecule has 1 N–H and O–H groups in total. The smallest absolute Gasteiger partial charge is 0.310 e. The number of nitrogens with one attached hydrogen (secondary N) is 1. The summed E-state index contributed by atoms with van der Waals surface area (Å²) in [5.41, 5.74) is 1.36. The van der Waals surface area contributed by atoms with Crippen molar-refractivity contribution in [2.45, 2.75) is 19.8 Å². The first-order chi connectivity index (χ1) is 14.4. The first-order valence-electron chi connectivity index (χ1n) is 9.87. The maximum absolute atomic E-state index is 12.8. The van der Waals surface area contributed by atoms with Crippen LogP contribution in [0.25, 0.3) is 0 Å². The number of aromatic nitrogens is 2. The number of esters is 1. The lowest BCUT2D eigenvalue weighted by molar-refractivity contribution is -0.149. The van der Waals surface area contributed by atoms with E-state index < -0.39 is 0 Å². The number of amides is 2. The van der Waals surface area contributed by atoms with Gasteiger partial charge in [-0.1, -0.05) is 0 Å². The van der Waals surface area contributed by atoms with E-state index in [4.69, 9.17) is 9.47 Å². The van der Waals surface area contributed by atoms with Crippen LogP contribution in [0.5, 0.6) is 5.88 Å². The molecule has 9 nitrogen and oxygen atoms in total. The van der Waals surface area contributed by atoms with Crippen molar-refractivity contribution in [1.29, 1.82) is 0 Å². The van der Waals surface area contributed by atoms with E-state index in [0.29, 0.717) is 36.5 Å². The average Bonchev–Trinajstić information content (AvgIpc) is 3.15. The molecule has 0 saturated carbocycles. The van der Waals surface area contributed by atoms with Crippen molar-refractivity contribution in [2.75, 3.05) is 32.1 Å². The van der Waals surface area contributed by atoms with Crippen LogP contribution in [0.3, 0.4) is 0 Å². The van der Waals surface area contributed by atoms with Crippen molar-refractivity contribution < 1.29 is 23.9 Å². The predicted octanol–water partition coefficient (Wildman–Crippen LogP) is 2.10. The second kappa shape index (κ2) is 9.43. The van der Waals surface area contributed by atoms with E-state index in [0.717, 1.165) is 12.8 Å². The molecule has 0 spiro atoms. The molecule has 2 amide bonds. The van der Waals surface area contributed by atoms with Crippen LogP contribution in [0.2, 0.25) is 0 Å². The predicted molar refractivity (Wildman–Crippen MR) is 109 cm³/mol. The van der Waals surface area contributed by atoms with E-state index in [2.05, 4.69) is 10.4 Å². The van der Waals surface area contributed by atoms with Gasteiger partial charge >= 0.3 is 5.97 Å². The first kappa shape index (κ1) is 21.4. The number of nitrogens with zero attached hydrogens (tertiary/aromatic N) is 3. The number of carbonyl (C=O) groups is 3. The van der Waals surface area contributed by atoms with Gasteiger partial charge < -0.3 is 19.7 Å². The number of methoxy groups -OCH3 is 1. The standard InChI is InChI=1S/C21H26N4O5/c1-4-30-21(28)15-6-5-11-25(12-15)20(27)14-7-9-16(10-8-14)22-18(26)17-13-24(2)23-19(17)29-3/h7-10,13,15H,4-6,11-12H2,1-3H3,(H,22,26)/t15-/m0/s1. The lowest BCUT2D eigenvalue weighted by Crippen LogP contribution is -2.42. The van der Waals surface area contributed by atoms with Crippen LogP contribution in [-0.2, 0) is 16.6 Å². The molecule has 160 valence electrons. The van der Waals surface area contributed by atoms with Gasteiger partial charge in [-0.2, -0.15) is 0 Å². The molecule has 2 aromatic rings. The van der Waals surface area contributed by atoms with Crippen LogP contribution in [0.1, 0.15) is 40.5 Å². The SMILES string of the molecule is CCOC(=O)[C@H]1CCCN(C(=O)c2ccc(NC(=O)c3cn(C)nc3OC)cc2)C1. The Bertz CT molecular complexity index is 922. The summed E-state index contributed by atoms with van der Waals surface area (Å²) in [6, 6.07) is 6.65. The summed E-state index contributed by atoms with van der Waals surface area (Å²) in [5, 5.41) is 6.83. The molecule has 1 aliphatic heterocycles. The van der Waals surface area contributed by atoms with Gasteiger partial charge in [0.05, 0.1) is 19.6 Å². The van der Waals surface area contributed by atoms with E-state index in [1.165, 1.54) is 11.8 Å². The molecule has 3 rings (SSSR count). The number of likely N-dealkylation sites (tertiary alicyclic amines) is 1. The molecule has 30 heavy (non-hydrogen) atoms. The monoisotopic (exact) mass is 414 g/mol. The first-order valence-corrected chi connectivity index (χ1v) is 9.87. The number of carbonyl (C=O) groups excluding carboxylic acids is 3. The van der Waals surface area contributed by atoms with Gasteiger partial charge in [0.2, 0.25) is 5.88 Å². The molecular formula is C21H26N4O5. The highest BCUT2D eigenvalue weighted by atomic mass is 16.5. The third-order valence-electron chi connectivity index (χ3n) is 4.95. The molecule has 0 aliphatic carbocycles. The third kappa shape index (κ3) is 4.79. The highest BCUT2D eigenvalue weighted by Gasteiger charge is 2.29. The average molecular weight is 414 g/mol. The fourth-order valence-corrected chi connectivity index (χ4v) is 3.47. The highest BCUT2D eigenvalue weighted by Crippen LogP contribution is 2.21. The van der Waals surface area contributed by atoms with E-state index in [-0.39, 0.29) is 29.6 Å². The molecule has 2 heterocycles. The van der Waals surface area contributed by atoms with Crippen LogP contribution in [-0.4, -0.2) is 59.3 Å². The Balaban J connectivity index is 1.64. The lowest BCUT2D eigenvalue weighted by Gasteiger charge is -2.31. The maximum Gasteiger partial charge on any atom is 0.310 e. The molecule has 1 aromatic carbocycles. The number of anilines is 1. The van der Waals surface area contributed by atoms with Crippen LogP contribution >= 0.6 is 0 Å². The van der Waals surface area contributed by atoms with Gasteiger partial charge in [0.1, 0.15) is 5.56 Å². The van der Waals surface area contributed by atoms with Crippen LogP contribution in [0.4, 0.5) is 5.69 Å². The lowest BCUT2D eigenvalue weighted by atomic mass is 9.97. The summed E-state index contributed by atoms with van der Waals surface area (Å²) in [6.07, 6.45) is 3.06. The van der Waals surface area contributed by atoms with E-state index in [1.54, 1.807) is 49.3 Å². The zero-order valence-corrected chi connectivity index (χ0v) is 17.4. The van der Waals surface area contributed by atoms with Gasteiger partial charge in [-0.3, -0.25) is 19.1 Å². The number of aryl methyl sites for hydroxylation is 1. The summed E-state index contributed by atoms with van der Waals surface area (Å²) in [5.74, 6) is -0.791. The normalized spacial score (nSPS) is 16.1. The number of rotatable bonds is 6. The van der Waals surface area contributed by atoms with Gasteiger partial charge in [-0.15, -0.1) is 5.10 Å². The minimum absolute atomic E-state index is 0.143. The van der Waals surface area contributed by atoms with Crippen molar-refractivity contribution in [1.82, 2.24) is 14.7 Å². The Morgan fingerprint density at radius 3 is 2.63 bits per heavy atom. The largest absolute Gasteiger partial charge is 0.479 e. The molecule has 1 aliphatic rings. The molecule has 1 fully saturated rings. The molecule has 1 aromatic heterocycles. The molecular weight excluding hydrogens is 388 g/mol. The van der Waals surface area contributed by atoms with Gasteiger partial charge in [0.25, 0.3) is 11.8 Å². The summed E-state index contributed by atoms with van der Waals surface area (Å²) < 4.78 is 11.7. The van der Waals surface area contributed by atoms with Crippen LogP contribution in [0.15, 0.2) is 30.5 Å². The maximum atomic E-state index is 12.8. The molecule has 0 radical (unpaired) electrons. The summed E-state index contributed by atoms with van der Waals surface area (Å²) in [6.45, 7) is 3.07. The number of hydrogen-bond acceptors (Lipinski definition) is 6. The summed E-state index contributed by atoms with van der Waals surface area (Å²) in [7, 11) is 3.15. The Labute approximate surface area is 174 Å². The number of piperidine rings is 1. The van der Waals surface area contributed by atoms with Crippen molar-refractivity contribution >= 4 is 23.5 Å². The quantitative estimate of drug-likeness (QED) is 0.726. The van der Waals surface area contributed by atoms with Gasteiger partial charge in [-0.05, 0) is 44.0 Å². The minimum atomic E-state index is -0.354. The Morgan fingerprint density at radius 1 is 1.23 bits per heavy atom. The molecule has 0 bridgehead atoms. The van der Waals surface area contributed by atoms with Crippen LogP contribution < -0.4 is 10.1 Å². The van der Waals surface area contributed by atoms with E-state index >= 15 is 0 Å². The Morgan fingerprint density at radius 2 is 1.97 bits per heavy atom. The van der Waals surface area contributed by atoms with Crippen molar-refractivity contribution in [3.05, 3.63) is 41.6 Å². The zero-order valence-electron chi connectivity index (χ0n) is 17.4. The van der Waals surface area contributed by atoms with Crippen molar-refractivity contribution in [3.8, 4) is 5.88 Å². The number of ether oxygens (including phenoxy) is 2. The summed E-state index contributed by atoms with van der Waals surface area (Å²) in [4.78, 5) is 39.0. The fraction of sp³-hybridized carbons (Fsp3) is 0.429. The molecule has 1 saturated heterocycles. The molecule has 9 heteroatoms. The third-order valence-corrected chi connectivity index (χ3v) is 4.95. The van der Waals surface area contributed by atoms with Gasteiger partial charge in [0, 0.05) is 37.6 Å². The number of hydrogen-bond donors (Lipinski definition) is 1.